The molecule has 0 radical (unpaired) electrons. The van der Waals surface area contributed by atoms with Gasteiger partial charge in [-0.25, -0.2) is 8.42 Å². The summed E-state index contributed by atoms with van der Waals surface area (Å²) in [4.78, 5) is 12.5. The van der Waals surface area contributed by atoms with Gasteiger partial charge in [0.05, 0.1) is 10.6 Å². The van der Waals surface area contributed by atoms with Gasteiger partial charge in [-0.3, -0.25) is 4.79 Å². The van der Waals surface area contributed by atoms with Crippen LogP contribution in [0.1, 0.15) is 16.3 Å². The fourth-order valence-corrected chi connectivity index (χ4v) is 3.78. The number of rotatable bonds is 7. The van der Waals surface area contributed by atoms with Crippen LogP contribution in [-0.2, 0) is 15.6 Å². The van der Waals surface area contributed by atoms with Gasteiger partial charge in [0.1, 0.15) is 17.3 Å². The highest BCUT2D eigenvalue weighted by Crippen LogP contribution is 2.27. The molecule has 1 N–H and O–H groups in total. The number of benzene rings is 2. The molecule has 0 aliphatic carbocycles. The molecule has 0 atom stereocenters. The van der Waals surface area contributed by atoms with Crippen molar-refractivity contribution >= 4 is 21.4 Å². The number of ether oxygens (including phenoxy) is 1. The Hall–Kier alpha value is -3.27. The van der Waals surface area contributed by atoms with Crippen LogP contribution in [0, 0.1) is 0 Å². The van der Waals surface area contributed by atoms with Crippen molar-refractivity contribution in [2.24, 2.45) is 0 Å². The summed E-state index contributed by atoms with van der Waals surface area (Å²) in [6.07, 6.45) is -4.53. The van der Waals surface area contributed by atoms with E-state index in [2.05, 4.69) is 5.32 Å². The van der Waals surface area contributed by atoms with E-state index in [-0.39, 0.29) is 27.9 Å². The van der Waals surface area contributed by atoms with Gasteiger partial charge < -0.3 is 14.5 Å². The summed E-state index contributed by atoms with van der Waals surface area (Å²) in [6.45, 7) is -1.51. The largest absolute Gasteiger partial charge is 0.482 e. The molecule has 1 heterocycles. The molecule has 1 aromatic heterocycles. The zero-order valence-electron chi connectivity index (χ0n) is 15.3. The Bertz CT molecular complexity index is 1120. The number of para-hydroxylation sites is 2. The van der Waals surface area contributed by atoms with E-state index >= 15 is 0 Å². The van der Waals surface area contributed by atoms with E-state index < -0.39 is 34.3 Å². The molecule has 6 nitrogen and oxygen atoms in total. The number of furan rings is 1. The van der Waals surface area contributed by atoms with E-state index in [1.54, 1.807) is 18.2 Å². The van der Waals surface area contributed by atoms with Crippen molar-refractivity contribution in [2.75, 3.05) is 11.9 Å². The second-order valence-electron chi connectivity index (χ2n) is 6.19. The Balaban J connectivity index is 1.70. The third-order valence-electron chi connectivity index (χ3n) is 3.85. The molecular weight excluding hydrogens is 423 g/mol. The molecule has 0 bridgehead atoms. The summed E-state index contributed by atoms with van der Waals surface area (Å²) in [6, 6.07) is 16.0. The van der Waals surface area contributed by atoms with E-state index in [1.165, 1.54) is 48.5 Å². The minimum Gasteiger partial charge on any atom is -0.482 e. The number of halogens is 3. The maximum atomic E-state index is 12.4. The average molecular weight is 439 g/mol. The van der Waals surface area contributed by atoms with E-state index in [0.717, 1.165) is 0 Å². The van der Waals surface area contributed by atoms with Crippen LogP contribution < -0.4 is 10.1 Å². The lowest BCUT2D eigenvalue weighted by molar-refractivity contribution is -0.153. The number of carbonyl (C=O) groups excluding carboxylic acids is 1. The van der Waals surface area contributed by atoms with Gasteiger partial charge >= 0.3 is 6.18 Å². The second kappa shape index (κ2) is 8.62. The van der Waals surface area contributed by atoms with Crippen LogP contribution in [0.15, 0.2) is 76.0 Å². The van der Waals surface area contributed by atoms with Crippen LogP contribution in [-0.4, -0.2) is 27.1 Å². The molecule has 10 heteroatoms. The van der Waals surface area contributed by atoms with Gasteiger partial charge in [0.25, 0.3) is 5.91 Å². The van der Waals surface area contributed by atoms with Gasteiger partial charge in [-0.1, -0.05) is 30.3 Å². The van der Waals surface area contributed by atoms with Crippen molar-refractivity contribution in [1.29, 1.82) is 0 Å². The predicted octanol–water partition coefficient (Wildman–Crippen LogP) is 4.45. The van der Waals surface area contributed by atoms with Crippen LogP contribution in [0.4, 0.5) is 18.9 Å². The normalized spacial score (nSPS) is 11.8. The number of sulfone groups is 1. The highest BCUT2D eigenvalue weighted by molar-refractivity contribution is 7.90. The number of nitrogens with one attached hydrogen (secondary N) is 1. The van der Waals surface area contributed by atoms with Crippen LogP contribution in [0.2, 0.25) is 0 Å². The highest BCUT2D eigenvalue weighted by atomic mass is 32.2. The Morgan fingerprint density at radius 2 is 1.63 bits per heavy atom. The van der Waals surface area contributed by atoms with Gasteiger partial charge in [0.15, 0.2) is 22.2 Å². The van der Waals surface area contributed by atoms with Crippen molar-refractivity contribution in [3.05, 3.63) is 78.3 Å². The highest BCUT2D eigenvalue weighted by Gasteiger charge is 2.29. The molecule has 30 heavy (non-hydrogen) atoms. The monoisotopic (exact) mass is 439 g/mol. The summed E-state index contributed by atoms with van der Waals surface area (Å²) < 4.78 is 72.0. The van der Waals surface area contributed by atoms with Gasteiger partial charge in [0, 0.05) is 0 Å². The SMILES string of the molecule is O=C(Nc1ccccc1OCC(F)(F)F)c1ccc(CS(=O)(=O)c2ccccc2)o1. The molecule has 0 unspecified atom stereocenters. The summed E-state index contributed by atoms with van der Waals surface area (Å²) >= 11 is 0. The molecule has 0 aliphatic rings. The van der Waals surface area contributed by atoms with E-state index in [9.17, 15) is 26.4 Å². The minimum absolute atomic E-state index is 0.0154. The molecule has 1 amide bonds. The first kappa shape index (κ1) is 21.4. The molecule has 0 fully saturated rings. The van der Waals surface area contributed by atoms with Crippen LogP contribution >= 0.6 is 0 Å². The molecule has 158 valence electrons. The van der Waals surface area contributed by atoms with Gasteiger partial charge in [-0.05, 0) is 36.4 Å². The maximum absolute atomic E-state index is 12.4. The van der Waals surface area contributed by atoms with Crippen molar-refractivity contribution in [3.63, 3.8) is 0 Å². The fourth-order valence-electron chi connectivity index (χ4n) is 2.52. The molecular formula is C20H16F3NO5S. The van der Waals surface area contributed by atoms with Crippen LogP contribution in [0.5, 0.6) is 5.75 Å². The first-order valence-electron chi connectivity index (χ1n) is 8.60. The summed E-state index contributed by atoms with van der Waals surface area (Å²) in [5.41, 5.74) is 0.0154. The standard InChI is InChI=1S/C20H16F3NO5S/c21-20(22,23)13-28-17-9-5-4-8-16(17)24-19(25)18-11-10-14(29-18)12-30(26,27)15-6-2-1-3-7-15/h1-11H,12-13H2,(H,24,25). The Morgan fingerprint density at radius 3 is 2.33 bits per heavy atom. The van der Waals surface area contributed by atoms with Crippen molar-refractivity contribution in [1.82, 2.24) is 0 Å². The maximum Gasteiger partial charge on any atom is 0.422 e. The van der Waals surface area contributed by atoms with Crippen molar-refractivity contribution in [2.45, 2.75) is 16.8 Å². The quantitative estimate of drug-likeness (QED) is 0.588. The van der Waals surface area contributed by atoms with Gasteiger partial charge in [-0.15, -0.1) is 0 Å². The first-order valence-corrected chi connectivity index (χ1v) is 10.3. The summed E-state index contributed by atoms with van der Waals surface area (Å²) in [5, 5.41) is 2.40. The number of hydrogen-bond acceptors (Lipinski definition) is 5. The van der Waals surface area contributed by atoms with Gasteiger partial charge in [-0.2, -0.15) is 13.2 Å². The molecule has 0 spiro atoms. The lowest BCUT2D eigenvalue weighted by Crippen LogP contribution is -2.20. The zero-order chi connectivity index (χ0) is 21.8. The van der Waals surface area contributed by atoms with E-state index in [0.29, 0.717) is 0 Å². The summed E-state index contributed by atoms with van der Waals surface area (Å²) in [5.74, 6) is -1.53. The Kier molecular flexibility index (Phi) is 6.16. The number of carbonyl (C=O) groups is 1. The van der Waals surface area contributed by atoms with Crippen molar-refractivity contribution < 1.29 is 35.5 Å². The zero-order valence-corrected chi connectivity index (χ0v) is 16.2. The van der Waals surface area contributed by atoms with Crippen LogP contribution in [0.25, 0.3) is 0 Å². The first-order chi connectivity index (χ1) is 14.1. The lowest BCUT2D eigenvalue weighted by atomic mass is 10.3. The Morgan fingerprint density at radius 1 is 0.967 bits per heavy atom. The number of hydrogen-bond donors (Lipinski definition) is 1. The third kappa shape index (κ3) is 5.63. The fraction of sp³-hybridized carbons (Fsp3) is 0.150. The third-order valence-corrected chi connectivity index (χ3v) is 5.50. The minimum atomic E-state index is -4.53. The topological polar surface area (TPSA) is 85.6 Å². The molecule has 3 aromatic rings. The number of anilines is 1. The summed E-state index contributed by atoms with van der Waals surface area (Å²) in [7, 11) is -3.66. The molecule has 2 aromatic carbocycles. The molecule has 0 saturated heterocycles. The number of alkyl halides is 3. The molecule has 0 aliphatic heterocycles. The molecule has 3 rings (SSSR count). The van der Waals surface area contributed by atoms with E-state index in [1.807, 2.05) is 0 Å². The lowest BCUT2D eigenvalue weighted by Gasteiger charge is -2.13. The smallest absolute Gasteiger partial charge is 0.422 e. The average Bonchev–Trinajstić information content (AvgIpc) is 3.15. The second-order valence-corrected chi connectivity index (χ2v) is 8.18. The van der Waals surface area contributed by atoms with Gasteiger partial charge in [0.2, 0.25) is 0 Å². The predicted molar refractivity (Wildman–Crippen MR) is 102 cm³/mol. The Labute approximate surface area is 170 Å². The van der Waals surface area contributed by atoms with Crippen molar-refractivity contribution in [3.8, 4) is 5.75 Å². The number of amides is 1. The van der Waals surface area contributed by atoms with E-state index in [4.69, 9.17) is 9.15 Å². The molecule has 0 saturated carbocycles. The van der Waals surface area contributed by atoms with Crippen LogP contribution in [0.3, 0.4) is 0 Å².